The van der Waals surface area contributed by atoms with Gasteiger partial charge in [0.15, 0.2) is 5.17 Å². The van der Waals surface area contributed by atoms with Gasteiger partial charge in [-0.3, -0.25) is 14.6 Å². The van der Waals surface area contributed by atoms with Crippen LogP contribution in [0.25, 0.3) is 0 Å². The number of aliphatic imine (C=N–C) groups is 1. The fraction of sp³-hybridized carbons (Fsp3) is 0.167. The first-order chi connectivity index (χ1) is 12.5. The second-order valence-corrected chi connectivity index (χ2v) is 6.68. The Morgan fingerprint density at radius 1 is 1.19 bits per heavy atom. The van der Waals surface area contributed by atoms with E-state index in [4.69, 9.17) is 0 Å². The van der Waals surface area contributed by atoms with Crippen LogP contribution in [0, 0.1) is 11.6 Å². The van der Waals surface area contributed by atoms with Gasteiger partial charge in [0.1, 0.15) is 16.9 Å². The van der Waals surface area contributed by atoms with Gasteiger partial charge >= 0.3 is 0 Å². The number of rotatable bonds is 3. The van der Waals surface area contributed by atoms with Crippen LogP contribution in [0.15, 0.2) is 53.5 Å². The SMILES string of the molecule is CN=C(Nc1cccc(F)c1)S[C@H]1CC(=O)N(c2ccccc2F)C1=O. The molecule has 134 valence electrons. The van der Waals surface area contributed by atoms with Gasteiger partial charge in [0.2, 0.25) is 11.8 Å². The largest absolute Gasteiger partial charge is 0.335 e. The molecule has 1 atom stereocenters. The fourth-order valence-electron chi connectivity index (χ4n) is 2.54. The van der Waals surface area contributed by atoms with E-state index in [0.717, 1.165) is 16.7 Å². The molecule has 0 spiro atoms. The third kappa shape index (κ3) is 3.75. The number of carbonyl (C=O) groups excluding carboxylic acids is 2. The first-order valence-corrected chi connectivity index (χ1v) is 8.65. The Bertz CT molecular complexity index is 888. The lowest BCUT2D eigenvalue weighted by molar-refractivity contribution is -0.121. The van der Waals surface area contributed by atoms with Crippen molar-refractivity contribution in [1.82, 2.24) is 0 Å². The highest BCUT2D eigenvalue weighted by molar-refractivity contribution is 8.15. The van der Waals surface area contributed by atoms with Crippen LogP contribution in [0.5, 0.6) is 0 Å². The number of amidine groups is 1. The highest BCUT2D eigenvalue weighted by Gasteiger charge is 2.41. The third-order valence-corrected chi connectivity index (χ3v) is 4.89. The van der Waals surface area contributed by atoms with E-state index in [0.29, 0.717) is 10.9 Å². The van der Waals surface area contributed by atoms with Crippen molar-refractivity contribution in [3.63, 3.8) is 0 Å². The topological polar surface area (TPSA) is 61.8 Å². The van der Waals surface area contributed by atoms with Crippen molar-refractivity contribution in [3.8, 4) is 0 Å². The highest BCUT2D eigenvalue weighted by atomic mass is 32.2. The minimum absolute atomic E-state index is 0.0568. The van der Waals surface area contributed by atoms with Gasteiger partial charge < -0.3 is 5.32 Å². The van der Waals surface area contributed by atoms with Crippen LogP contribution in [-0.2, 0) is 9.59 Å². The van der Waals surface area contributed by atoms with Crippen molar-refractivity contribution >= 4 is 40.1 Å². The molecule has 5 nitrogen and oxygen atoms in total. The number of imide groups is 1. The van der Waals surface area contributed by atoms with Gasteiger partial charge in [-0.05, 0) is 30.3 Å². The Morgan fingerprint density at radius 3 is 2.65 bits per heavy atom. The number of hydrogen-bond acceptors (Lipinski definition) is 4. The standard InChI is InChI=1S/C18H15F2N3O2S/c1-21-18(22-12-6-4-5-11(19)9-12)26-15-10-16(24)23(17(15)25)14-8-3-2-7-13(14)20/h2-9,15H,10H2,1H3,(H,21,22)/t15-/m0/s1. The smallest absolute Gasteiger partial charge is 0.247 e. The molecule has 1 heterocycles. The minimum atomic E-state index is -0.734. The zero-order chi connectivity index (χ0) is 18.7. The molecule has 2 amide bonds. The van der Waals surface area contributed by atoms with Gasteiger partial charge in [-0.15, -0.1) is 0 Å². The van der Waals surface area contributed by atoms with Crippen molar-refractivity contribution in [2.24, 2.45) is 4.99 Å². The van der Waals surface area contributed by atoms with Crippen LogP contribution < -0.4 is 10.2 Å². The molecule has 1 saturated heterocycles. The number of carbonyl (C=O) groups is 2. The lowest BCUT2D eigenvalue weighted by Crippen LogP contribution is -2.32. The summed E-state index contributed by atoms with van der Waals surface area (Å²) >= 11 is 1.05. The van der Waals surface area contributed by atoms with E-state index < -0.39 is 28.7 Å². The molecule has 2 aromatic carbocycles. The number of benzene rings is 2. The Kier molecular flexibility index (Phi) is 5.32. The predicted octanol–water partition coefficient (Wildman–Crippen LogP) is 3.43. The first kappa shape index (κ1) is 18.1. The minimum Gasteiger partial charge on any atom is -0.335 e. The Balaban J connectivity index is 1.75. The normalized spacial score (nSPS) is 17.7. The average Bonchev–Trinajstić information content (AvgIpc) is 2.88. The van der Waals surface area contributed by atoms with E-state index >= 15 is 0 Å². The summed E-state index contributed by atoms with van der Waals surface area (Å²) in [5, 5.41) is 2.54. The molecule has 0 aromatic heterocycles. The van der Waals surface area contributed by atoms with Gasteiger partial charge in [-0.1, -0.05) is 30.0 Å². The first-order valence-electron chi connectivity index (χ1n) is 7.77. The van der Waals surface area contributed by atoms with Gasteiger partial charge in [0.25, 0.3) is 0 Å². The number of anilines is 2. The van der Waals surface area contributed by atoms with Gasteiger partial charge in [-0.25, -0.2) is 13.7 Å². The molecule has 0 radical (unpaired) electrons. The van der Waals surface area contributed by atoms with Gasteiger partial charge in [0.05, 0.1) is 5.69 Å². The summed E-state index contributed by atoms with van der Waals surface area (Å²) in [5.74, 6) is -2.03. The van der Waals surface area contributed by atoms with Crippen molar-refractivity contribution in [3.05, 3.63) is 60.2 Å². The summed E-state index contributed by atoms with van der Waals surface area (Å²) in [6.07, 6.45) is -0.0678. The lowest BCUT2D eigenvalue weighted by atomic mass is 10.3. The van der Waals surface area contributed by atoms with Crippen LogP contribution in [-0.4, -0.2) is 29.3 Å². The molecule has 1 aliphatic rings. The Hall–Kier alpha value is -2.74. The average molecular weight is 375 g/mol. The zero-order valence-electron chi connectivity index (χ0n) is 13.8. The molecule has 1 aliphatic heterocycles. The molecule has 0 unspecified atom stereocenters. The number of para-hydroxylation sites is 1. The number of halogens is 2. The second kappa shape index (κ2) is 7.65. The maximum absolute atomic E-state index is 13.9. The Labute approximate surface area is 153 Å². The Morgan fingerprint density at radius 2 is 1.96 bits per heavy atom. The number of amides is 2. The van der Waals surface area contributed by atoms with E-state index in [2.05, 4.69) is 10.3 Å². The van der Waals surface area contributed by atoms with Crippen molar-refractivity contribution in [1.29, 1.82) is 0 Å². The van der Waals surface area contributed by atoms with E-state index in [1.807, 2.05) is 0 Å². The number of thioether (sulfide) groups is 1. The highest BCUT2D eigenvalue weighted by Crippen LogP contribution is 2.32. The summed E-state index contributed by atoms with van der Waals surface area (Å²) in [6, 6.07) is 11.4. The van der Waals surface area contributed by atoms with Crippen LogP contribution in [0.3, 0.4) is 0 Å². The van der Waals surface area contributed by atoms with Gasteiger partial charge in [-0.2, -0.15) is 0 Å². The molecular formula is C18H15F2N3O2S. The zero-order valence-corrected chi connectivity index (χ0v) is 14.6. The van der Waals surface area contributed by atoms with E-state index in [9.17, 15) is 18.4 Å². The molecular weight excluding hydrogens is 360 g/mol. The summed E-state index contributed by atoms with van der Waals surface area (Å²) in [4.78, 5) is 29.7. The maximum atomic E-state index is 13.9. The van der Waals surface area contributed by atoms with Crippen LogP contribution in [0.2, 0.25) is 0 Å². The van der Waals surface area contributed by atoms with Gasteiger partial charge in [0, 0.05) is 19.2 Å². The maximum Gasteiger partial charge on any atom is 0.247 e. The summed E-state index contributed by atoms with van der Waals surface area (Å²) < 4.78 is 27.2. The van der Waals surface area contributed by atoms with E-state index in [-0.39, 0.29) is 12.1 Å². The van der Waals surface area contributed by atoms with Crippen LogP contribution in [0.1, 0.15) is 6.42 Å². The van der Waals surface area contributed by atoms with E-state index in [1.54, 1.807) is 18.2 Å². The van der Waals surface area contributed by atoms with Crippen LogP contribution in [0.4, 0.5) is 20.2 Å². The third-order valence-electron chi connectivity index (χ3n) is 3.73. The predicted molar refractivity (Wildman–Crippen MR) is 98.3 cm³/mol. The molecule has 26 heavy (non-hydrogen) atoms. The molecule has 3 rings (SSSR count). The van der Waals surface area contributed by atoms with Crippen molar-refractivity contribution in [2.75, 3.05) is 17.3 Å². The van der Waals surface area contributed by atoms with Crippen molar-refractivity contribution in [2.45, 2.75) is 11.7 Å². The molecule has 0 bridgehead atoms. The summed E-state index contributed by atoms with van der Waals surface area (Å²) in [7, 11) is 1.52. The second-order valence-electron chi connectivity index (χ2n) is 5.49. The molecule has 8 heteroatoms. The lowest BCUT2D eigenvalue weighted by Gasteiger charge is -2.16. The van der Waals surface area contributed by atoms with E-state index in [1.165, 1.54) is 37.4 Å². The molecule has 1 N–H and O–H groups in total. The summed E-state index contributed by atoms with van der Waals surface area (Å²) in [5.41, 5.74) is 0.416. The number of nitrogens with zero attached hydrogens (tertiary/aromatic N) is 2. The van der Waals surface area contributed by atoms with Crippen LogP contribution >= 0.6 is 11.8 Å². The molecule has 2 aromatic rings. The molecule has 0 saturated carbocycles. The molecule has 1 fully saturated rings. The monoisotopic (exact) mass is 375 g/mol. The van der Waals surface area contributed by atoms with Crippen molar-refractivity contribution < 1.29 is 18.4 Å². The number of nitrogens with one attached hydrogen (secondary N) is 1. The number of hydrogen-bond donors (Lipinski definition) is 1. The molecule has 0 aliphatic carbocycles. The fourth-order valence-corrected chi connectivity index (χ4v) is 3.53. The quantitative estimate of drug-likeness (QED) is 0.507. The summed E-state index contributed by atoms with van der Waals surface area (Å²) in [6.45, 7) is 0.